The maximum atomic E-state index is 13.2. The van der Waals surface area contributed by atoms with E-state index in [1.165, 1.54) is 11.3 Å². The molecule has 0 unspecified atom stereocenters. The molecule has 0 saturated carbocycles. The number of hydrogen-bond donors (Lipinski definition) is 2. The molecule has 0 radical (unpaired) electrons. The molecule has 0 atom stereocenters. The van der Waals surface area contributed by atoms with Gasteiger partial charge in [-0.25, -0.2) is 14.6 Å². The van der Waals surface area contributed by atoms with Crippen LogP contribution in [0.15, 0.2) is 70.8 Å². The number of nitrogens with two attached hydrogens (primary N) is 1. The lowest BCUT2D eigenvalue weighted by Gasteiger charge is -2.08. The SMILES string of the molecule is NC(=O)Cc1csc(NC(=O)c2cc(-c3ccccc3)nc3c2cnn3Cc2ccco2)n1. The Morgan fingerprint density at radius 2 is 1.97 bits per heavy atom. The van der Waals surface area contributed by atoms with E-state index in [0.29, 0.717) is 39.7 Å². The van der Waals surface area contributed by atoms with E-state index in [9.17, 15) is 9.59 Å². The van der Waals surface area contributed by atoms with E-state index in [0.717, 1.165) is 11.3 Å². The van der Waals surface area contributed by atoms with Crippen LogP contribution in [0.4, 0.5) is 5.13 Å². The van der Waals surface area contributed by atoms with E-state index >= 15 is 0 Å². The number of amides is 2. The largest absolute Gasteiger partial charge is 0.467 e. The van der Waals surface area contributed by atoms with E-state index < -0.39 is 5.91 Å². The summed E-state index contributed by atoms with van der Waals surface area (Å²) in [6.45, 7) is 0.381. The van der Waals surface area contributed by atoms with Gasteiger partial charge in [0.2, 0.25) is 5.91 Å². The number of nitrogens with one attached hydrogen (secondary N) is 1. The van der Waals surface area contributed by atoms with Crippen molar-refractivity contribution in [3.05, 3.63) is 83.4 Å². The van der Waals surface area contributed by atoms with Crippen molar-refractivity contribution in [2.45, 2.75) is 13.0 Å². The van der Waals surface area contributed by atoms with Crippen LogP contribution >= 0.6 is 11.3 Å². The molecule has 0 aliphatic heterocycles. The van der Waals surface area contributed by atoms with Crippen LogP contribution in [0.2, 0.25) is 0 Å². The molecule has 1 aromatic carbocycles. The lowest BCUT2D eigenvalue weighted by atomic mass is 10.1. The number of pyridine rings is 1. The summed E-state index contributed by atoms with van der Waals surface area (Å²) in [5.74, 6) is -0.106. The Morgan fingerprint density at radius 3 is 2.73 bits per heavy atom. The summed E-state index contributed by atoms with van der Waals surface area (Å²) < 4.78 is 7.15. The molecule has 10 heteroatoms. The first-order valence-corrected chi connectivity index (χ1v) is 10.9. The van der Waals surface area contributed by atoms with Gasteiger partial charge in [0.15, 0.2) is 10.8 Å². The summed E-state index contributed by atoms with van der Waals surface area (Å²) in [6.07, 6.45) is 3.24. The number of hydrogen-bond acceptors (Lipinski definition) is 7. The van der Waals surface area contributed by atoms with Crippen molar-refractivity contribution in [3.63, 3.8) is 0 Å². The normalized spacial score (nSPS) is 11.0. The molecular weight excluding hydrogens is 440 g/mol. The average Bonchev–Trinajstić information content (AvgIpc) is 3.56. The second-order valence-electron chi connectivity index (χ2n) is 7.28. The molecule has 5 aromatic rings. The number of nitrogens with zero attached hydrogens (tertiary/aromatic N) is 4. The van der Waals surface area contributed by atoms with Crippen LogP contribution in [-0.4, -0.2) is 31.6 Å². The van der Waals surface area contributed by atoms with Gasteiger partial charge < -0.3 is 10.2 Å². The first-order valence-electron chi connectivity index (χ1n) is 10.1. The molecule has 4 heterocycles. The molecule has 0 saturated heterocycles. The molecule has 0 fully saturated rings. The molecule has 0 aliphatic rings. The van der Waals surface area contributed by atoms with Gasteiger partial charge in [-0.3, -0.25) is 14.9 Å². The number of carbonyl (C=O) groups excluding carboxylic acids is 2. The third-order valence-electron chi connectivity index (χ3n) is 4.94. The lowest BCUT2D eigenvalue weighted by molar-refractivity contribution is -0.117. The number of furan rings is 1. The zero-order valence-corrected chi connectivity index (χ0v) is 18.1. The van der Waals surface area contributed by atoms with Crippen molar-refractivity contribution in [2.24, 2.45) is 5.73 Å². The summed E-state index contributed by atoms with van der Waals surface area (Å²) in [4.78, 5) is 33.4. The van der Waals surface area contributed by atoms with Gasteiger partial charge in [-0.1, -0.05) is 30.3 Å². The molecule has 0 aliphatic carbocycles. The fraction of sp³-hybridized carbons (Fsp3) is 0.0870. The minimum absolute atomic E-state index is 0.0174. The van der Waals surface area contributed by atoms with Gasteiger partial charge in [0.1, 0.15) is 12.3 Å². The Bertz CT molecular complexity index is 1440. The number of rotatable bonds is 7. The third kappa shape index (κ3) is 4.37. The Kier molecular flexibility index (Phi) is 5.41. The van der Waals surface area contributed by atoms with Crippen LogP contribution in [0.1, 0.15) is 21.8 Å². The molecule has 9 nitrogen and oxygen atoms in total. The molecule has 2 amide bonds. The van der Waals surface area contributed by atoms with Gasteiger partial charge in [-0.15, -0.1) is 11.3 Å². The van der Waals surface area contributed by atoms with Crippen molar-refractivity contribution in [2.75, 3.05) is 5.32 Å². The van der Waals surface area contributed by atoms with E-state index in [1.54, 1.807) is 28.6 Å². The van der Waals surface area contributed by atoms with E-state index in [2.05, 4.69) is 15.4 Å². The molecule has 4 aromatic heterocycles. The van der Waals surface area contributed by atoms with Crippen molar-refractivity contribution in [1.29, 1.82) is 0 Å². The van der Waals surface area contributed by atoms with Crippen LogP contribution in [0.25, 0.3) is 22.3 Å². The molecule has 33 heavy (non-hydrogen) atoms. The van der Waals surface area contributed by atoms with Crippen molar-refractivity contribution < 1.29 is 14.0 Å². The predicted octanol–water partition coefficient (Wildman–Crippen LogP) is 3.48. The van der Waals surface area contributed by atoms with Gasteiger partial charge >= 0.3 is 0 Å². The van der Waals surface area contributed by atoms with E-state index in [4.69, 9.17) is 15.1 Å². The Balaban J connectivity index is 1.55. The second-order valence-corrected chi connectivity index (χ2v) is 8.14. The zero-order chi connectivity index (χ0) is 22.8. The van der Waals surface area contributed by atoms with Gasteiger partial charge in [0.05, 0.1) is 41.2 Å². The first kappa shape index (κ1) is 20.6. The van der Waals surface area contributed by atoms with Gasteiger partial charge in [-0.2, -0.15) is 5.10 Å². The highest BCUT2D eigenvalue weighted by Gasteiger charge is 2.19. The molecule has 3 N–H and O–H groups in total. The summed E-state index contributed by atoms with van der Waals surface area (Å²) in [6, 6.07) is 15.0. The third-order valence-corrected chi connectivity index (χ3v) is 5.74. The number of benzene rings is 1. The average molecular weight is 459 g/mol. The smallest absolute Gasteiger partial charge is 0.258 e. The summed E-state index contributed by atoms with van der Waals surface area (Å²) in [5, 5.41) is 9.93. The number of carbonyl (C=O) groups is 2. The summed E-state index contributed by atoms with van der Waals surface area (Å²) in [5.41, 5.74) is 8.23. The highest BCUT2D eigenvalue weighted by molar-refractivity contribution is 7.14. The minimum atomic E-state index is -0.481. The Hall–Kier alpha value is -4.31. The highest BCUT2D eigenvalue weighted by Crippen LogP contribution is 2.27. The predicted molar refractivity (Wildman–Crippen MR) is 124 cm³/mol. The molecule has 5 rings (SSSR count). The number of thiazole rings is 1. The number of fused-ring (bicyclic) bond motifs is 1. The van der Waals surface area contributed by atoms with Crippen LogP contribution in [0.5, 0.6) is 0 Å². The van der Waals surface area contributed by atoms with E-state index in [1.807, 2.05) is 42.5 Å². The Morgan fingerprint density at radius 1 is 1.12 bits per heavy atom. The van der Waals surface area contributed by atoms with Crippen molar-refractivity contribution in [3.8, 4) is 11.3 Å². The van der Waals surface area contributed by atoms with Crippen LogP contribution in [0.3, 0.4) is 0 Å². The maximum Gasteiger partial charge on any atom is 0.258 e. The summed E-state index contributed by atoms with van der Waals surface area (Å²) >= 11 is 1.23. The quantitative estimate of drug-likeness (QED) is 0.384. The van der Waals surface area contributed by atoms with Crippen molar-refractivity contribution in [1.82, 2.24) is 19.7 Å². The topological polar surface area (TPSA) is 129 Å². The zero-order valence-electron chi connectivity index (χ0n) is 17.3. The molecule has 0 bridgehead atoms. The molecule has 0 spiro atoms. The van der Waals surface area contributed by atoms with Gasteiger partial charge in [-0.05, 0) is 18.2 Å². The standard InChI is InChI=1S/C23H18N6O3S/c24-20(30)9-15-13-33-23(26-15)28-22(31)17-10-19(14-5-2-1-3-6-14)27-21-18(17)11-25-29(21)12-16-7-4-8-32-16/h1-8,10-11,13H,9,12H2,(H2,24,30)(H,26,28,31). The van der Waals surface area contributed by atoms with E-state index in [-0.39, 0.29) is 12.3 Å². The monoisotopic (exact) mass is 458 g/mol. The number of primary amides is 1. The molecule has 164 valence electrons. The van der Waals surface area contributed by atoms with Gasteiger partial charge in [0.25, 0.3) is 5.91 Å². The maximum absolute atomic E-state index is 13.2. The van der Waals surface area contributed by atoms with Gasteiger partial charge in [0, 0.05) is 10.9 Å². The molecular formula is C23H18N6O3S. The Labute approximate surface area is 191 Å². The fourth-order valence-electron chi connectivity index (χ4n) is 3.45. The van der Waals surface area contributed by atoms with Crippen LogP contribution in [0, 0.1) is 0 Å². The highest BCUT2D eigenvalue weighted by atomic mass is 32.1. The lowest BCUT2D eigenvalue weighted by Crippen LogP contribution is -2.15. The minimum Gasteiger partial charge on any atom is -0.467 e. The fourth-order valence-corrected chi connectivity index (χ4v) is 4.15. The van der Waals surface area contributed by atoms with Crippen LogP contribution < -0.4 is 11.1 Å². The van der Waals surface area contributed by atoms with Crippen LogP contribution in [-0.2, 0) is 17.8 Å². The number of aromatic nitrogens is 4. The number of anilines is 1. The van der Waals surface area contributed by atoms with Crippen molar-refractivity contribution >= 4 is 39.3 Å². The first-order chi connectivity index (χ1) is 16.1. The second kappa shape index (κ2) is 8.67. The summed E-state index contributed by atoms with van der Waals surface area (Å²) in [7, 11) is 0.